The lowest BCUT2D eigenvalue weighted by Gasteiger charge is -2.29. The van der Waals surface area contributed by atoms with Crippen molar-refractivity contribution in [3.63, 3.8) is 0 Å². The van der Waals surface area contributed by atoms with Gasteiger partial charge in [-0.1, -0.05) is 43.3 Å². The number of pyridine rings is 1. The summed E-state index contributed by atoms with van der Waals surface area (Å²) in [6, 6.07) is 12.0. The Hall–Kier alpha value is -3.93. The molecule has 2 aromatic heterocycles. The number of hydrogen-bond donors (Lipinski definition) is 1. The summed E-state index contributed by atoms with van der Waals surface area (Å²) in [7, 11) is 0. The van der Waals surface area contributed by atoms with Crippen molar-refractivity contribution >= 4 is 23.5 Å². The second-order valence-electron chi connectivity index (χ2n) is 11.0. The number of halogens is 3. The van der Waals surface area contributed by atoms with Crippen LogP contribution in [0.5, 0.6) is 0 Å². The van der Waals surface area contributed by atoms with Crippen LogP contribution in [0.3, 0.4) is 0 Å². The van der Waals surface area contributed by atoms with Gasteiger partial charge in [-0.05, 0) is 42.4 Å². The van der Waals surface area contributed by atoms with Crippen LogP contribution in [0.25, 0.3) is 0 Å². The molecule has 2 aliphatic rings. The number of Topliss-reactive ketones (excluding diaryl/α,β-unsaturated/α-hetero) is 1. The number of anilines is 2. The van der Waals surface area contributed by atoms with Crippen molar-refractivity contribution in [3.8, 4) is 0 Å². The SMILES string of the molecule is CC1CCCN(c2nc(C(F)(F)F)c(C(=O)Cc3ccc(N4CCCN(C(=O)[C@H](O)c5ccccc5)CC4)nc3)o2)C1. The summed E-state index contributed by atoms with van der Waals surface area (Å²) >= 11 is 0. The van der Waals surface area contributed by atoms with E-state index in [1.807, 2.05) is 17.9 Å². The van der Waals surface area contributed by atoms with Crippen LogP contribution in [0.4, 0.5) is 25.0 Å². The minimum Gasteiger partial charge on any atom is -0.420 e. The molecule has 1 amide bonds. The Kier molecular flexibility index (Phi) is 8.81. The van der Waals surface area contributed by atoms with Gasteiger partial charge in [0.1, 0.15) is 5.82 Å². The minimum atomic E-state index is -4.82. The number of hydrogen-bond acceptors (Lipinski definition) is 8. The van der Waals surface area contributed by atoms with E-state index >= 15 is 0 Å². The maximum Gasteiger partial charge on any atom is 0.437 e. The summed E-state index contributed by atoms with van der Waals surface area (Å²) in [6.07, 6.45) is -2.45. The van der Waals surface area contributed by atoms with Crippen LogP contribution >= 0.6 is 0 Å². The fourth-order valence-electron chi connectivity index (χ4n) is 5.48. The van der Waals surface area contributed by atoms with Gasteiger partial charge >= 0.3 is 6.18 Å². The van der Waals surface area contributed by atoms with Gasteiger partial charge in [0.15, 0.2) is 11.8 Å². The summed E-state index contributed by atoms with van der Waals surface area (Å²) in [5.74, 6) is -1.04. The number of carbonyl (C=O) groups excluding carboxylic acids is 2. The summed E-state index contributed by atoms with van der Waals surface area (Å²) < 4.78 is 46.7. The van der Waals surface area contributed by atoms with Crippen molar-refractivity contribution in [3.05, 3.63) is 71.2 Å². The first-order valence-corrected chi connectivity index (χ1v) is 14.2. The largest absolute Gasteiger partial charge is 0.437 e. The summed E-state index contributed by atoms with van der Waals surface area (Å²) in [5.41, 5.74) is -0.314. The third kappa shape index (κ3) is 6.75. The number of benzene rings is 1. The van der Waals surface area contributed by atoms with Crippen LogP contribution in [0.1, 0.15) is 59.7 Å². The summed E-state index contributed by atoms with van der Waals surface area (Å²) in [5, 5.41) is 10.5. The molecule has 0 saturated carbocycles. The zero-order valence-corrected chi connectivity index (χ0v) is 23.4. The molecule has 5 rings (SSSR count). The van der Waals surface area contributed by atoms with E-state index in [0.717, 1.165) is 12.8 Å². The van der Waals surface area contributed by atoms with Gasteiger partial charge in [0.05, 0.1) is 0 Å². The topological polar surface area (TPSA) is 103 Å². The number of piperidine rings is 1. The van der Waals surface area contributed by atoms with Crippen molar-refractivity contribution in [1.82, 2.24) is 14.9 Å². The fraction of sp³-hybridized carbons (Fsp3) is 0.467. The molecule has 42 heavy (non-hydrogen) atoms. The number of rotatable bonds is 7. The molecule has 0 aliphatic carbocycles. The minimum absolute atomic E-state index is 0.171. The highest BCUT2D eigenvalue weighted by Crippen LogP contribution is 2.35. The lowest BCUT2D eigenvalue weighted by molar-refractivity contribution is -0.141. The Balaban J connectivity index is 1.22. The van der Waals surface area contributed by atoms with Gasteiger partial charge in [-0.3, -0.25) is 9.59 Å². The number of aliphatic hydroxyl groups is 1. The molecule has 224 valence electrons. The molecule has 2 saturated heterocycles. The predicted molar refractivity (Wildman–Crippen MR) is 149 cm³/mol. The van der Waals surface area contributed by atoms with Crippen LogP contribution in [-0.2, 0) is 17.4 Å². The lowest BCUT2D eigenvalue weighted by atomic mass is 10.0. The van der Waals surface area contributed by atoms with Gasteiger partial charge in [0.2, 0.25) is 11.5 Å². The van der Waals surface area contributed by atoms with E-state index in [-0.39, 0.29) is 24.3 Å². The van der Waals surface area contributed by atoms with E-state index in [4.69, 9.17) is 4.42 Å². The number of alkyl halides is 3. The first-order chi connectivity index (χ1) is 20.1. The number of aromatic nitrogens is 2. The smallest absolute Gasteiger partial charge is 0.420 e. The van der Waals surface area contributed by atoms with Gasteiger partial charge in [-0.15, -0.1) is 0 Å². The molecule has 0 spiro atoms. The average Bonchev–Trinajstić information content (AvgIpc) is 3.31. The molecule has 0 radical (unpaired) electrons. The zero-order valence-electron chi connectivity index (χ0n) is 23.4. The molecular weight excluding hydrogens is 551 g/mol. The Labute approximate surface area is 242 Å². The molecule has 2 aliphatic heterocycles. The second kappa shape index (κ2) is 12.5. The summed E-state index contributed by atoms with van der Waals surface area (Å²) in [4.78, 5) is 39.3. The van der Waals surface area contributed by atoms with Crippen molar-refractivity contribution < 1.29 is 32.3 Å². The molecule has 12 heteroatoms. The molecule has 0 bridgehead atoms. The van der Waals surface area contributed by atoms with Crippen LogP contribution in [0, 0.1) is 5.92 Å². The highest BCUT2D eigenvalue weighted by Gasteiger charge is 2.42. The van der Waals surface area contributed by atoms with Crippen LogP contribution in [0.2, 0.25) is 0 Å². The second-order valence-corrected chi connectivity index (χ2v) is 11.0. The molecule has 1 unspecified atom stereocenters. The third-order valence-corrected chi connectivity index (χ3v) is 7.72. The quantitative estimate of drug-likeness (QED) is 0.404. The van der Waals surface area contributed by atoms with Crippen LogP contribution in [-0.4, -0.2) is 70.9 Å². The van der Waals surface area contributed by atoms with Gasteiger partial charge in [0.25, 0.3) is 11.9 Å². The van der Waals surface area contributed by atoms with E-state index in [1.165, 1.54) is 6.20 Å². The number of carbonyl (C=O) groups is 2. The Morgan fingerprint density at radius 1 is 1.02 bits per heavy atom. The molecule has 1 aromatic carbocycles. The predicted octanol–water partition coefficient (Wildman–Crippen LogP) is 4.52. The normalized spacial score (nSPS) is 19.0. The van der Waals surface area contributed by atoms with Gasteiger partial charge in [-0.2, -0.15) is 18.2 Å². The van der Waals surface area contributed by atoms with Gasteiger partial charge in [-0.25, -0.2) is 4.98 Å². The fourth-order valence-corrected chi connectivity index (χ4v) is 5.48. The van der Waals surface area contributed by atoms with E-state index < -0.39 is 29.5 Å². The molecule has 1 N–H and O–H groups in total. The Bertz CT molecular complexity index is 1380. The Morgan fingerprint density at radius 3 is 2.48 bits per heavy atom. The third-order valence-electron chi connectivity index (χ3n) is 7.72. The number of amides is 1. The number of nitrogens with zero attached hydrogens (tertiary/aromatic N) is 5. The van der Waals surface area contributed by atoms with Gasteiger partial charge < -0.3 is 24.2 Å². The molecule has 2 atom stereocenters. The number of ketones is 1. The van der Waals surface area contributed by atoms with E-state index in [0.29, 0.717) is 62.6 Å². The summed E-state index contributed by atoms with van der Waals surface area (Å²) in [6.45, 7) is 5.06. The van der Waals surface area contributed by atoms with E-state index in [2.05, 4.69) is 9.97 Å². The maximum absolute atomic E-state index is 13.8. The van der Waals surface area contributed by atoms with E-state index in [9.17, 15) is 27.9 Å². The highest BCUT2D eigenvalue weighted by molar-refractivity contribution is 5.96. The zero-order chi connectivity index (χ0) is 29.9. The Morgan fingerprint density at radius 2 is 1.79 bits per heavy atom. The van der Waals surface area contributed by atoms with Crippen molar-refractivity contribution in [2.24, 2.45) is 5.92 Å². The van der Waals surface area contributed by atoms with E-state index in [1.54, 1.807) is 46.2 Å². The number of aliphatic hydroxyl groups excluding tert-OH is 1. The molecule has 3 aromatic rings. The first kappa shape index (κ1) is 29.6. The average molecular weight is 586 g/mol. The van der Waals surface area contributed by atoms with Gasteiger partial charge in [0, 0.05) is 51.9 Å². The molecule has 4 heterocycles. The first-order valence-electron chi connectivity index (χ1n) is 14.2. The lowest BCUT2D eigenvalue weighted by Crippen LogP contribution is -2.38. The highest BCUT2D eigenvalue weighted by atomic mass is 19.4. The standard InChI is InChI=1S/C30H34F3N5O4/c1-20-7-5-12-38(19-20)29-35-27(30(31,32)33)26(42-29)23(39)17-21-10-11-24(34-18-21)36-13-6-14-37(16-15-36)28(41)25(40)22-8-3-2-4-9-22/h2-4,8-11,18,20,25,40H,5-7,12-17,19H2,1H3/t20?,25-/m1/s1. The molecule has 2 fully saturated rings. The van der Waals surface area contributed by atoms with Crippen molar-refractivity contribution in [2.75, 3.05) is 49.1 Å². The number of oxazole rings is 1. The molecule has 9 nitrogen and oxygen atoms in total. The van der Waals surface area contributed by atoms with Crippen molar-refractivity contribution in [2.45, 2.75) is 44.9 Å². The monoisotopic (exact) mass is 585 g/mol. The van der Waals surface area contributed by atoms with Crippen LogP contribution in [0.15, 0.2) is 53.1 Å². The maximum atomic E-state index is 13.8. The van der Waals surface area contributed by atoms with Crippen molar-refractivity contribution in [1.29, 1.82) is 0 Å². The van der Waals surface area contributed by atoms with Crippen LogP contribution < -0.4 is 9.80 Å². The molecular formula is C30H34F3N5O4.